The normalized spacial score (nSPS) is 18.7. The number of likely N-dealkylation sites (tertiary alicyclic amines) is 1. The predicted octanol–water partition coefficient (Wildman–Crippen LogP) is 6.75. The molecule has 0 saturated carbocycles. The van der Waals surface area contributed by atoms with Crippen molar-refractivity contribution in [2.24, 2.45) is 5.92 Å². The molecule has 2 aromatic rings. The van der Waals surface area contributed by atoms with Gasteiger partial charge in [-0.15, -0.1) is 0 Å². The zero-order valence-corrected chi connectivity index (χ0v) is 18.3. The molecule has 1 aliphatic rings. The van der Waals surface area contributed by atoms with Crippen molar-refractivity contribution in [3.63, 3.8) is 0 Å². The Morgan fingerprint density at radius 2 is 1.79 bits per heavy atom. The Morgan fingerprint density at radius 3 is 2.42 bits per heavy atom. The van der Waals surface area contributed by atoms with E-state index in [9.17, 15) is 31.1 Å². The van der Waals surface area contributed by atoms with E-state index < -0.39 is 42.7 Å². The van der Waals surface area contributed by atoms with Crippen LogP contribution in [-0.4, -0.2) is 36.6 Å². The second-order valence-electron chi connectivity index (χ2n) is 8.22. The van der Waals surface area contributed by atoms with Gasteiger partial charge in [-0.05, 0) is 61.2 Å². The van der Waals surface area contributed by atoms with E-state index >= 15 is 0 Å². The van der Waals surface area contributed by atoms with Gasteiger partial charge in [-0.3, -0.25) is 4.79 Å². The number of nitrogens with one attached hydrogen (secondary N) is 1. The van der Waals surface area contributed by atoms with Crippen LogP contribution >= 0.6 is 11.6 Å². The summed E-state index contributed by atoms with van der Waals surface area (Å²) < 4.78 is 80.1. The molecule has 0 radical (unpaired) electrons. The van der Waals surface area contributed by atoms with E-state index in [0.29, 0.717) is 35.7 Å². The Hall–Kier alpha value is -2.26. The van der Waals surface area contributed by atoms with Gasteiger partial charge in [0.25, 0.3) is 0 Å². The molecular weight excluding hydrogens is 470 g/mol. The number of halogens is 7. The summed E-state index contributed by atoms with van der Waals surface area (Å²) in [6.45, 7) is 0.195. The second-order valence-corrected chi connectivity index (χ2v) is 8.66. The molecule has 3 rings (SSSR count). The number of anilines is 1. The fourth-order valence-electron chi connectivity index (χ4n) is 4.03. The summed E-state index contributed by atoms with van der Waals surface area (Å²) in [4.78, 5) is 13.8. The van der Waals surface area contributed by atoms with Crippen LogP contribution in [0.3, 0.4) is 0 Å². The van der Waals surface area contributed by atoms with Gasteiger partial charge in [0.2, 0.25) is 5.91 Å². The van der Waals surface area contributed by atoms with E-state index in [-0.39, 0.29) is 12.5 Å². The second kappa shape index (κ2) is 10.3. The summed E-state index contributed by atoms with van der Waals surface area (Å²) >= 11 is 5.77. The third-order valence-corrected chi connectivity index (χ3v) is 5.94. The molecule has 180 valence electrons. The van der Waals surface area contributed by atoms with E-state index in [1.54, 1.807) is 11.0 Å². The van der Waals surface area contributed by atoms with Gasteiger partial charge >= 0.3 is 12.4 Å². The molecule has 2 aromatic carbocycles. The highest BCUT2D eigenvalue weighted by Gasteiger charge is 2.42. The summed E-state index contributed by atoms with van der Waals surface area (Å²) in [6.07, 6.45) is -8.69. The summed E-state index contributed by atoms with van der Waals surface area (Å²) in [5.41, 5.74) is 0.0237. The van der Waals surface area contributed by atoms with E-state index in [1.165, 1.54) is 30.3 Å². The molecule has 10 heteroatoms. The maximum absolute atomic E-state index is 13.7. The average Bonchev–Trinajstić information content (AvgIpc) is 2.74. The Morgan fingerprint density at radius 1 is 1.09 bits per heavy atom. The zero-order chi connectivity index (χ0) is 24.2. The van der Waals surface area contributed by atoms with E-state index in [0.717, 1.165) is 12.1 Å². The van der Waals surface area contributed by atoms with Gasteiger partial charge < -0.3 is 10.2 Å². The first kappa shape index (κ1) is 25.4. The summed E-state index contributed by atoms with van der Waals surface area (Å²) in [5, 5.41) is 2.87. The van der Waals surface area contributed by atoms with Gasteiger partial charge in [0.15, 0.2) is 0 Å². The zero-order valence-electron chi connectivity index (χ0n) is 17.5. The maximum atomic E-state index is 13.7. The molecule has 1 N–H and O–H groups in total. The number of carbonyl (C=O) groups is 1. The number of piperidine rings is 1. The Kier molecular flexibility index (Phi) is 7.95. The molecule has 1 fully saturated rings. The molecule has 0 aromatic heterocycles. The molecule has 0 aliphatic carbocycles. The van der Waals surface area contributed by atoms with Crippen molar-refractivity contribution < 1.29 is 31.1 Å². The Balaban J connectivity index is 1.65. The minimum Gasteiger partial charge on any atom is -0.326 e. The molecule has 0 unspecified atom stereocenters. The van der Waals surface area contributed by atoms with Crippen LogP contribution in [0.4, 0.5) is 32.0 Å². The monoisotopic (exact) mass is 492 g/mol. The van der Waals surface area contributed by atoms with Gasteiger partial charge in [0.1, 0.15) is 0 Å². The van der Waals surface area contributed by atoms with Gasteiger partial charge in [-0.2, -0.15) is 26.3 Å². The highest BCUT2D eigenvalue weighted by Crippen LogP contribution is 2.35. The lowest BCUT2D eigenvalue weighted by molar-refractivity contribution is -0.183. The summed E-state index contributed by atoms with van der Waals surface area (Å²) in [7, 11) is 0. The van der Waals surface area contributed by atoms with Crippen LogP contribution in [0, 0.1) is 5.92 Å². The molecule has 3 nitrogen and oxygen atoms in total. The van der Waals surface area contributed by atoms with Gasteiger partial charge in [-0.1, -0.05) is 29.8 Å². The van der Waals surface area contributed by atoms with Crippen molar-refractivity contribution in [1.82, 2.24) is 4.90 Å². The number of rotatable bonds is 6. The van der Waals surface area contributed by atoms with Crippen LogP contribution in [0.15, 0.2) is 48.5 Å². The van der Waals surface area contributed by atoms with Crippen molar-refractivity contribution in [2.45, 2.75) is 37.5 Å². The van der Waals surface area contributed by atoms with Crippen LogP contribution in [-0.2, 0) is 11.0 Å². The molecule has 1 amide bonds. The number of alkyl halides is 6. The van der Waals surface area contributed by atoms with Crippen LogP contribution in [0.25, 0.3) is 0 Å². The van der Waals surface area contributed by atoms with Crippen LogP contribution < -0.4 is 5.32 Å². The lowest BCUT2D eigenvalue weighted by Gasteiger charge is -2.35. The third-order valence-electron chi connectivity index (χ3n) is 5.69. The lowest BCUT2D eigenvalue weighted by Crippen LogP contribution is -2.42. The number of hydrogen-bond donors (Lipinski definition) is 1. The quantitative estimate of drug-likeness (QED) is 0.453. The fourth-order valence-corrected chi connectivity index (χ4v) is 4.15. The van der Waals surface area contributed by atoms with Gasteiger partial charge in [0, 0.05) is 30.2 Å². The van der Waals surface area contributed by atoms with Gasteiger partial charge in [-0.25, -0.2) is 0 Å². The minimum atomic E-state index is -4.60. The highest BCUT2D eigenvalue weighted by molar-refractivity contribution is 6.30. The van der Waals surface area contributed by atoms with Crippen molar-refractivity contribution in [1.29, 1.82) is 0 Å². The molecular formula is C23H23ClF6N2O. The summed E-state index contributed by atoms with van der Waals surface area (Å²) in [5.74, 6) is -2.98. The van der Waals surface area contributed by atoms with E-state index in [1.807, 2.05) is 0 Å². The van der Waals surface area contributed by atoms with Crippen molar-refractivity contribution in [2.75, 3.05) is 25.0 Å². The first-order chi connectivity index (χ1) is 15.4. The van der Waals surface area contributed by atoms with Crippen molar-refractivity contribution >= 4 is 23.2 Å². The Labute approximate surface area is 192 Å². The Bertz CT molecular complexity index is 945. The van der Waals surface area contributed by atoms with Crippen molar-refractivity contribution in [3.8, 4) is 0 Å². The summed E-state index contributed by atoms with van der Waals surface area (Å²) in [6, 6.07) is 10.9. The molecule has 33 heavy (non-hydrogen) atoms. The van der Waals surface area contributed by atoms with Crippen LogP contribution in [0.2, 0.25) is 5.02 Å². The molecule has 0 spiro atoms. The lowest BCUT2D eigenvalue weighted by atomic mass is 9.89. The minimum absolute atomic E-state index is 0.201. The van der Waals surface area contributed by atoms with E-state index in [2.05, 4.69) is 5.32 Å². The first-order valence-electron chi connectivity index (χ1n) is 10.4. The predicted molar refractivity (Wildman–Crippen MR) is 114 cm³/mol. The number of amides is 1. The SMILES string of the molecule is O=C(C[C@@H](CN1CCC[C@@H](c2cccc(C(F)(F)F)c2)C1)C(F)(F)F)Nc1ccc(Cl)cc1. The largest absolute Gasteiger partial charge is 0.416 e. The molecule has 2 atom stereocenters. The highest BCUT2D eigenvalue weighted by atomic mass is 35.5. The van der Waals surface area contributed by atoms with Gasteiger partial charge in [0.05, 0.1) is 11.5 Å². The van der Waals surface area contributed by atoms with Crippen LogP contribution in [0.5, 0.6) is 0 Å². The van der Waals surface area contributed by atoms with E-state index in [4.69, 9.17) is 11.6 Å². The van der Waals surface area contributed by atoms with Crippen molar-refractivity contribution in [3.05, 3.63) is 64.7 Å². The number of carbonyl (C=O) groups excluding carboxylic acids is 1. The molecule has 0 bridgehead atoms. The number of benzene rings is 2. The third kappa shape index (κ3) is 7.37. The number of nitrogens with zero attached hydrogens (tertiary/aromatic N) is 1. The first-order valence-corrected chi connectivity index (χ1v) is 10.8. The fraction of sp³-hybridized carbons (Fsp3) is 0.435. The molecule has 1 aliphatic heterocycles. The molecule has 1 saturated heterocycles. The average molecular weight is 493 g/mol. The number of hydrogen-bond acceptors (Lipinski definition) is 2. The van der Waals surface area contributed by atoms with Crippen LogP contribution in [0.1, 0.15) is 36.3 Å². The standard InChI is InChI=1S/C23H23ClF6N2O/c24-19-6-8-20(9-7-19)31-21(33)12-18(23(28,29)30)14-32-10-2-4-16(13-32)15-3-1-5-17(11-15)22(25,26)27/h1,3,5-9,11,16,18H,2,4,10,12-14H2,(H,31,33)/t16-,18+/m1/s1. The smallest absolute Gasteiger partial charge is 0.326 e. The maximum Gasteiger partial charge on any atom is 0.416 e. The molecule has 1 heterocycles. The topological polar surface area (TPSA) is 32.3 Å².